The number of hydrazine groups is 2. The summed E-state index contributed by atoms with van der Waals surface area (Å²) in [6, 6.07) is 0.314. The number of hydrogen-bond acceptors (Lipinski definition) is 10. The molecule has 4 aliphatic heterocycles. The standard InChI is InChI=1S/C23H48N8O2/c24-30-11-4-19(3-1-2-5-26-9-13-30)20-17-32-23-21(18-33-22(20)23)29-12-8-27-6-7-28-10-14-31(25)16-15-29/h19-23,26-28H,1-18,24-25H2/t19?,20-,21-,22?,23?/m0/s1. The molecular weight excluding hydrogens is 420 g/mol. The van der Waals surface area contributed by atoms with E-state index in [-0.39, 0.29) is 12.2 Å². The molecule has 0 aromatic heterocycles. The van der Waals surface area contributed by atoms with Gasteiger partial charge in [0.15, 0.2) is 0 Å². The maximum atomic E-state index is 6.49. The Hall–Kier alpha value is -0.400. The van der Waals surface area contributed by atoms with Crippen molar-refractivity contribution in [2.75, 3.05) is 91.8 Å². The van der Waals surface area contributed by atoms with Crippen LogP contribution in [0, 0.1) is 11.8 Å². The Morgan fingerprint density at radius 3 is 2.12 bits per heavy atom. The fourth-order valence-electron chi connectivity index (χ4n) is 5.93. The van der Waals surface area contributed by atoms with Crippen molar-refractivity contribution in [1.29, 1.82) is 0 Å². The molecule has 5 atom stereocenters. The van der Waals surface area contributed by atoms with E-state index in [1.165, 1.54) is 19.3 Å². The van der Waals surface area contributed by atoms with E-state index < -0.39 is 0 Å². The van der Waals surface area contributed by atoms with Crippen molar-refractivity contribution in [3.8, 4) is 0 Å². The summed E-state index contributed by atoms with van der Waals surface area (Å²) in [5.74, 6) is 13.6. The predicted octanol–water partition coefficient (Wildman–Crippen LogP) is -1.61. The van der Waals surface area contributed by atoms with Gasteiger partial charge in [-0.25, -0.2) is 10.0 Å². The van der Waals surface area contributed by atoms with Gasteiger partial charge in [-0.15, -0.1) is 0 Å². The normalized spacial score (nSPS) is 38.2. The third kappa shape index (κ3) is 7.54. The molecule has 0 aliphatic carbocycles. The molecule has 4 aliphatic rings. The lowest BCUT2D eigenvalue weighted by Gasteiger charge is -2.33. The smallest absolute Gasteiger partial charge is 0.102 e. The van der Waals surface area contributed by atoms with Crippen LogP contribution < -0.4 is 27.6 Å². The number of rotatable bonds is 2. The summed E-state index contributed by atoms with van der Waals surface area (Å²) in [5, 5.41) is 14.4. The van der Waals surface area contributed by atoms with Gasteiger partial charge in [0, 0.05) is 77.9 Å². The number of nitrogens with two attached hydrogens (primary N) is 2. The Morgan fingerprint density at radius 2 is 1.30 bits per heavy atom. The first-order chi connectivity index (χ1) is 16.2. The topological polar surface area (TPSA) is 116 Å². The van der Waals surface area contributed by atoms with Gasteiger partial charge in [0.2, 0.25) is 0 Å². The van der Waals surface area contributed by atoms with Gasteiger partial charge in [-0.2, -0.15) is 0 Å². The SMILES string of the molecule is NN1CCNCCCCC([C@@H]2COC3C2OC[C@@H]3N2CCNCCNCCN(N)CC2)CC1. The fraction of sp³-hybridized carbons (Fsp3) is 1.00. The largest absolute Gasteiger partial charge is 0.373 e. The van der Waals surface area contributed by atoms with Gasteiger partial charge in [-0.05, 0) is 31.7 Å². The number of nitrogens with zero attached hydrogens (tertiary/aromatic N) is 3. The second-order valence-electron chi connectivity index (χ2n) is 10.2. The number of fused-ring (bicyclic) bond motifs is 1. The van der Waals surface area contributed by atoms with E-state index in [1.807, 2.05) is 10.0 Å². The molecule has 10 heteroatoms. The van der Waals surface area contributed by atoms with Crippen molar-refractivity contribution < 1.29 is 9.47 Å². The molecule has 0 aromatic rings. The quantitative estimate of drug-likeness (QED) is 0.303. The van der Waals surface area contributed by atoms with Crippen LogP contribution >= 0.6 is 0 Å². The molecule has 10 nitrogen and oxygen atoms in total. The van der Waals surface area contributed by atoms with Crippen LogP contribution in [0.25, 0.3) is 0 Å². The Balaban J connectivity index is 1.36. The van der Waals surface area contributed by atoms with Crippen molar-refractivity contribution in [1.82, 2.24) is 30.9 Å². The molecule has 0 bridgehead atoms. The molecule has 33 heavy (non-hydrogen) atoms. The van der Waals surface area contributed by atoms with Gasteiger partial charge in [-0.1, -0.05) is 6.42 Å². The molecule has 0 spiro atoms. The van der Waals surface area contributed by atoms with Crippen LogP contribution in [0.4, 0.5) is 0 Å². The first-order valence-electron chi connectivity index (χ1n) is 13.3. The second kappa shape index (κ2) is 13.6. The fourth-order valence-corrected chi connectivity index (χ4v) is 5.93. The minimum absolute atomic E-state index is 0.171. The lowest BCUT2D eigenvalue weighted by atomic mass is 9.81. The first-order valence-corrected chi connectivity index (χ1v) is 13.3. The van der Waals surface area contributed by atoms with Gasteiger partial charge in [0.1, 0.15) is 6.10 Å². The van der Waals surface area contributed by atoms with Gasteiger partial charge in [-0.3, -0.25) is 16.6 Å². The maximum absolute atomic E-state index is 6.49. The molecule has 3 unspecified atom stereocenters. The molecule has 4 fully saturated rings. The van der Waals surface area contributed by atoms with Crippen LogP contribution in [0.5, 0.6) is 0 Å². The second-order valence-corrected chi connectivity index (χ2v) is 10.2. The lowest BCUT2D eigenvalue weighted by molar-refractivity contribution is 0.0312. The highest BCUT2D eigenvalue weighted by Gasteiger charge is 2.51. The summed E-state index contributed by atoms with van der Waals surface area (Å²) in [4.78, 5) is 2.56. The van der Waals surface area contributed by atoms with Crippen LogP contribution in [-0.2, 0) is 9.47 Å². The van der Waals surface area contributed by atoms with Gasteiger partial charge >= 0.3 is 0 Å². The third-order valence-electron chi connectivity index (χ3n) is 7.99. The monoisotopic (exact) mass is 468 g/mol. The Kier molecular flexibility index (Phi) is 10.6. The lowest BCUT2D eigenvalue weighted by Crippen LogP contribution is -2.51. The Labute approximate surface area is 200 Å². The highest BCUT2D eigenvalue weighted by atomic mass is 16.6. The minimum Gasteiger partial charge on any atom is -0.373 e. The molecule has 7 N–H and O–H groups in total. The summed E-state index contributed by atoms with van der Waals surface area (Å²) in [6.07, 6.45) is 5.25. The molecule has 0 saturated carbocycles. The summed E-state index contributed by atoms with van der Waals surface area (Å²) in [6.45, 7) is 13.1. The summed E-state index contributed by atoms with van der Waals surface area (Å²) in [5.41, 5.74) is 0. The number of hydrogen-bond donors (Lipinski definition) is 5. The van der Waals surface area contributed by atoms with Crippen LogP contribution in [0.3, 0.4) is 0 Å². The highest BCUT2D eigenvalue weighted by molar-refractivity contribution is 5.00. The first kappa shape index (κ1) is 25.7. The number of ether oxygens (including phenoxy) is 2. The number of nitrogens with one attached hydrogen (secondary N) is 3. The van der Waals surface area contributed by atoms with E-state index in [0.29, 0.717) is 17.9 Å². The molecule has 192 valence electrons. The van der Waals surface area contributed by atoms with E-state index in [0.717, 1.165) is 98.2 Å². The van der Waals surface area contributed by atoms with Crippen molar-refractivity contribution >= 4 is 0 Å². The van der Waals surface area contributed by atoms with Crippen molar-refractivity contribution in [2.45, 2.75) is 43.9 Å². The van der Waals surface area contributed by atoms with E-state index in [2.05, 4.69) is 20.9 Å². The highest BCUT2D eigenvalue weighted by Crippen LogP contribution is 2.40. The maximum Gasteiger partial charge on any atom is 0.102 e. The molecule has 4 heterocycles. The van der Waals surface area contributed by atoms with Gasteiger partial charge in [0.25, 0.3) is 0 Å². The molecule has 0 aromatic carbocycles. The van der Waals surface area contributed by atoms with E-state index in [9.17, 15) is 0 Å². The molecule has 0 amide bonds. The molecule has 4 saturated heterocycles. The summed E-state index contributed by atoms with van der Waals surface area (Å²) >= 11 is 0. The van der Waals surface area contributed by atoms with Crippen LogP contribution in [0.2, 0.25) is 0 Å². The van der Waals surface area contributed by atoms with Crippen molar-refractivity contribution in [2.24, 2.45) is 23.5 Å². The van der Waals surface area contributed by atoms with E-state index in [4.69, 9.17) is 21.2 Å². The van der Waals surface area contributed by atoms with Crippen molar-refractivity contribution in [3.63, 3.8) is 0 Å². The van der Waals surface area contributed by atoms with Crippen molar-refractivity contribution in [3.05, 3.63) is 0 Å². The van der Waals surface area contributed by atoms with E-state index >= 15 is 0 Å². The zero-order valence-electron chi connectivity index (χ0n) is 20.4. The minimum atomic E-state index is 0.171. The zero-order chi connectivity index (χ0) is 22.9. The summed E-state index contributed by atoms with van der Waals surface area (Å²) < 4.78 is 13.0. The van der Waals surface area contributed by atoms with E-state index in [1.54, 1.807) is 0 Å². The average molecular weight is 469 g/mol. The average Bonchev–Trinajstić information content (AvgIpc) is 3.39. The zero-order valence-corrected chi connectivity index (χ0v) is 20.4. The molecule has 4 rings (SSSR count). The van der Waals surface area contributed by atoms with Crippen LogP contribution in [0.15, 0.2) is 0 Å². The van der Waals surface area contributed by atoms with Crippen LogP contribution in [0.1, 0.15) is 25.7 Å². The Morgan fingerprint density at radius 1 is 0.606 bits per heavy atom. The summed E-state index contributed by atoms with van der Waals surface area (Å²) in [7, 11) is 0. The van der Waals surface area contributed by atoms with Gasteiger partial charge in [0.05, 0.1) is 25.4 Å². The molecule has 0 radical (unpaired) electrons. The Bertz CT molecular complexity index is 559. The third-order valence-corrected chi connectivity index (χ3v) is 7.99. The predicted molar refractivity (Wildman–Crippen MR) is 130 cm³/mol. The van der Waals surface area contributed by atoms with Crippen LogP contribution in [-0.4, -0.2) is 125 Å². The van der Waals surface area contributed by atoms with Gasteiger partial charge < -0.3 is 25.4 Å². The molecular formula is C23H48N8O2.